The molecule has 2 aromatic rings. The van der Waals surface area contributed by atoms with Gasteiger partial charge in [0.25, 0.3) is 0 Å². The standard InChI is InChI=1S/C18H20BrN3O2/c1-12(2)24-17-9-8-14(10-15(17)19)11-20-22-18(23)21-16-7-5-4-6-13(16)3/h4-12H,1-3H3,(H2,21,22,23)/b20-11-. The Bertz CT molecular complexity index is 745. The number of para-hydroxylation sites is 1. The predicted octanol–water partition coefficient (Wildman–Crippen LogP) is 4.70. The van der Waals surface area contributed by atoms with E-state index in [0.717, 1.165) is 27.0 Å². The quantitative estimate of drug-likeness (QED) is 0.574. The molecule has 2 rings (SSSR count). The molecule has 0 saturated carbocycles. The summed E-state index contributed by atoms with van der Waals surface area (Å²) in [5.41, 5.74) is 5.03. The van der Waals surface area contributed by atoms with E-state index in [0.29, 0.717) is 0 Å². The lowest BCUT2D eigenvalue weighted by Gasteiger charge is -2.11. The van der Waals surface area contributed by atoms with Gasteiger partial charge in [0.05, 0.1) is 16.8 Å². The van der Waals surface area contributed by atoms with Crippen molar-refractivity contribution in [1.82, 2.24) is 5.43 Å². The molecule has 6 heteroatoms. The number of nitrogens with zero attached hydrogens (tertiary/aromatic N) is 1. The van der Waals surface area contributed by atoms with Crippen LogP contribution in [0, 0.1) is 6.92 Å². The number of rotatable bonds is 5. The van der Waals surface area contributed by atoms with Gasteiger partial charge in [-0.25, -0.2) is 10.2 Å². The topological polar surface area (TPSA) is 62.7 Å². The Morgan fingerprint density at radius 1 is 1.25 bits per heavy atom. The number of nitrogens with one attached hydrogen (secondary N) is 2. The zero-order chi connectivity index (χ0) is 17.5. The minimum Gasteiger partial charge on any atom is -0.490 e. The van der Waals surface area contributed by atoms with Crippen molar-refractivity contribution in [3.8, 4) is 5.75 Å². The number of hydrogen-bond acceptors (Lipinski definition) is 3. The van der Waals surface area contributed by atoms with Crippen LogP contribution in [0.15, 0.2) is 52.0 Å². The molecule has 24 heavy (non-hydrogen) atoms. The first kappa shape index (κ1) is 18.0. The number of hydrogen-bond donors (Lipinski definition) is 2. The number of aryl methyl sites for hydroxylation is 1. The fraction of sp³-hybridized carbons (Fsp3) is 0.222. The second kappa shape index (κ2) is 8.49. The van der Waals surface area contributed by atoms with Gasteiger partial charge in [0.2, 0.25) is 0 Å². The lowest BCUT2D eigenvalue weighted by Crippen LogP contribution is -2.24. The third-order valence-electron chi connectivity index (χ3n) is 3.09. The molecular formula is C18H20BrN3O2. The molecule has 0 fully saturated rings. The molecule has 0 aliphatic carbocycles. The van der Waals surface area contributed by atoms with Crippen molar-refractivity contribution >= 4 is 33.9 Å². The van der Waals surface area contributed by atoms with Gasteiger partial charge in [-0.15, -0.1) is 0 Å². The first-order valence-corrected chi connectivity index (χ1v) is 8.37. The summed E-state index contributed by atoms with van der Waals surface area (Å²) in [6.45, 7) is 5.87. The number of ether oxygens (including phenoxy) is 1. The average Bonchev–Trinajstić information content (AvgIpc) is 2.52. The maximum Gasteiger partial charge on any atom is 0.339 e. The SMILES string of the molecule is Cc1ccccc1NC(=O)N/N=C\c1ccc(OC(C)C)c(Br)c1. The summed E-state index contributed by atoms with van der Waals surface area (Å²) in [7, 11) is 0. The van der Waals surface area contributed by atoms with Crippen LogP contribution in [-0.2, 0) is 0 Å². The predicted molar refractivity (Wildman–Crippen MR) is 101 cm³/mol. The molecule has 0 bridgehead atoms. The van der Waals surface area contributed by atoms with Crippen molar-refractivity contribution in [2.24, 2.45) is 5.10 Å². The Hall–Kier alpha value is -2.34. The minimum atomic E-state index is -0.389. The highest BCUT2D eigenvalue weighted by Gasteiger charge is 2.04. The van der Waals surface area contributed by atoms with Crippen LogP contribution < -0.4 is 15.5 Å². The molecule has 2 amide bonds. The van der Waals surface area contributed by atoms with Gasteiger partial charge in [0.15, 0.2) is 0 Å². The van der Waals surface area contributed by atoms with E-state index in [1.165, 1.54) is 0 Å². The largest absolute Gasteiger partial charge is 0.490 e. The van der Waals surface area contributed by atoms with Crippen molar-refractivity contribution in [3.63, 3.8) is 0 Å². The summed E-state index contributed by atoms with van der Waals surface area (Å²) in [6, 6.07) is 12.8. The van der Waals surface area contributed by atoms with E-state index in [9.17, 15) is 4.79 Å². The summed E-state index contributed by atoms with van der Waals surface area (Å²) in [5.74, 6) is 0.771. The number of carbonyl (C=O) groups is 1. The molecule has 0 unspecified atom stereocenters. The monoisotopic (exact) mass is 389 g/mol. The second-order valence-electron chi connectivity index (χ2n) is 5.50. The van der Waals surface area contributed by atoms with Gasteiger partial charge in [-0.2, -0.15) is 5.10 Å². The van der Waals surface area contributed by atoms with Gasteiger partial charge in [0, 0.05) is 5.69 Å². The van der Waals surface area contributed by atoms with Crippen molar-refractivity contribution in [2.45, 2.75) is 26.9 Å². The summed E-state index contributed by atoms with van der Waals surface area (Å²) in [6.07, 6.45) is 1.68. The van der Waals surface area contributed by atoms with E-state index in [4.69, 9.17) is 4.74 Å². The summed E-state index contributed by atoms with van der Waals surface area (Å²) >= 11 is 3.46. The molecule has 0 spiro atoms. The zero-order valence-electron chi connectivity index (χ0n) is 13.8. The molecule has 0 saturated heterocycles. The number of benzene rings is 2. The van der Waals surface area contributed by atoms with Gasteiger partial charge in [0.1, 0.15) is 5.75 Å². The van der Waals surface area contributed by atoms with Gasteiger partial charge in [-0.1, -0.05) is 18.2 Å². The summed E-state index contributed by atoms with van der Waals surface area (Å²) in [4.78, 5) is 11.8. The van der Waals surface area contributed by atoms with Crippen LogP contribution in [-0.4, -0.2) is 18.3 Å². The van der Waals surface area contributed by atoms with Crippen LogP contribution >= 0.6 is 15.9 Å². The van der Waals surface area contributed by atoms with Crippen molar-refractivity contribution < 1.29 is 9.53 Å². The Kier molecular flexibility index (Phi) is 6.37. The van der Waals surface area contributed by atoms with E-state index in [1.54, 1.807) is 6.21 Å². The van der Waals surface area contributed by atoms with Crippen LogP contribution in [0.4, 0.5) is 10.5 Å². The first-order valence-electron chi connectivity index (χ1n) is 7.57. The van der Waals surface area contributed by atoms with Gasteiger partial charge in [-0.3, -0.25) is 0 Å². The van der Waals surface area contributed by atoms with E-state index in [1.807, 2.05) is 63.2 Å². The maximum atomic E-state index is 11.8. The summed E-state index contributed by atoms with van der Waals surface area (Å²) < 4.78 is 6.49. The molecule has 0 atom stereocenters. The Balaban J connectivity index is 1.93. The van der Waals surface area contributed by atoms with Crippen molar-refractivity contribution in [1.29, 1.82) is 0 Å². The van der Waals surface area contributed by atoms with Crippen LogP contribution in [0.1, 0.15) is 25.0 Å². The zero-order valence-corrected chi connectivity index (χ0v) is 15.4. The van der Waals surface area contributed by atoms with Crippen molar-refractivity contribution in [2.75, 3.05) is 5.32 Å². The normalized spacial score (nSPS) is 10.9. The maximum absolute atomic E-state index is 11.8. The molecule has 2 N–H and O–H groups in total. The van der Waals surface area contributed by atoms with Crippen LogP contribution in [0.3, 0.4) is 0 Å². The molecular weight excluding hydrogens is 370 g/mol. The molecule has 0 aromatic heterocycles. The Labute approximate surface area is 150 Å². The molecule has 0 heterocycles. The third kappa shape index (κ3) is 5.38. The highest BCUT2D eigenvalue weighted by molar-refractivity contribution is 9.10. The van der Waals surface area contributed by atoms with Gasteiger partial charge in [-0.05, 0) is 72.1 Å². The molecule has 0 aliphatic heterocycles. The fourth-order valence-electron chi connectivity index (χ4n) is 1.98. The van der Waals surface area contributed by atoms with E-state index < -0.39 is 0 Å². The highest BCUT2D eigenvalue weighted by atomic mass is 79.9. The van der Waals surface area contributed by atoms with Gasteiger partial charge < -0.3 is 10.1 Å². The van der Waals surface area contributed by atoms with Crippen LogP contribution in [0.25, 0.3) is 0 Å². The molecule has 0 radical (unpaired) electrons. The average molecular weight is 390 g/mol. The fourth-order valence-corrected chi connectivity index (χ4v) is 2.47. The molecule has 5 nitrogen and oxygen atoms in total. The lowest BCUT2D eigenvalue weighted by molar-refractivity contribution is 0.241. The summed E-state index contributed by atoms with van der Waals surface area (Å²) in [5, 5.41) is 6.70. The van der Waals surface area contributed by atoms with E-state index >= 15 is 0 Å². The number of urea groups is 1. The molecule has 2 aromatic carbocycles. The van der Waals surface area contributed by atoms with E-state index in [2.05, 4.69) is 31.8 Å². The number of halogens is 1. The van der Waals surface area contributed by atoms with Crippen LogP contribution in [0.5, 0.6) is 5.75 Å². The van der Waals surface area contributed by atoms with Crippen LogP contribution in [0.2, 0.25) is 0 Å². The molecule has 126 valence electrons. The molecule has 0 aliphatic rings. The Morgan fingerprint density at radius 3 is 2.67 bits per heavy atom. The van der Waals surface area contributed by atoms with Gasteiger partial charge >= 0.3 is 6.03 Å². The second-order valence-corrected chi connectivity index (χ2v) is 6.35. The Morgan fingerprint density at radius 2 is 2.00 bits per heavy atom. The number of carbonyl (C=O) groups excluding carboxylic acids is 1. The third-order valence-corrected chi connectivity index (χ3v) is 3.71. The highest BCUT2D eigenvalue weighted by Crippen LogP contribution is 2.26. The first-order chi connectivity index (χ1) is 11.5. The minimum absolute atomic E-state index is 0.104. The number of amides is 2. The van der Waals surface area contributed by atoms with Crippen molar-refractivity contribution in [3.05, 3.63) is 58.1 Å². The smallest absolute Gasteiger partial charge is 0.339 e. The number of anilines is 1. The lowest BCUT2D eigenvalue weighted by atomic mass is 10.2. The number of hydrazone groups is 1. The van der Waals surface area contributed by atoms with E-state index in [-0.39, 0.29) is 12.1 Å².